The molecule has 1 aliphatic heterocycles. The lowest BCUT2D eigenvalue weighted by Crippen LogP contribution is -1.85. The molecule has 1 heterocycles. The lowest BCUT2D eigenvalue weighted by atomic mass is 10.2. The van der Waals surface area contributed by atoms with E-state index in [4.69, 9.17) is 0 Å². The zero-order valence-electron chi connectivity index (χ0n) is 4.77. The van der Waals surface area contributed by atoms with Crippen LogP contribution in [0.25, 0.3) is 0 Å². The Hall–Kier alpha value is -0.310. The first-order valence-electron chi connectivity index (χ1n) is 2.34. The lowest BCUT2D eigenvalue weighted by Gasteiger charge is -1.85. The van der Waals surface area contributed by atoms with Gasteiger partial charge in [-0.15, -0.1) is 5.43 Å². The Morgan fingerprint density at radius 2 is 2.00 bits per heavy atom. The van der Waals surface area contributed by atoms with Crippen LogP contribution in [0.3, 0.4) is 0 Å². The van der Waals surface area contributed by atoms with Crippen molar-refractivity contribution in [2.75, 3.05) is 0 Å². The van der Waals surface area contributed by atoms with Gasteiger partial charge in [0.15, 0.2) is 0 Å². The highest BCUT2D eigenvalue weighted by atomic mass is 79.9. The third-order valence-corrected chi connectivity index (χ3v) is 1.89. The van der Waals surface area contributed by atoms with E-state index in [2.05, 4.69) is 26.5 Å². The van der Waals surface area contributed by atoms with E-state index in [0.29, 0.717) is 0 Å². The van der Waals surface area contributed by atoms with E-state index >= 15 is 0 Å². The molecule has 0 bridgehead atoms. The second-order valence-electron chi connectivity index (χ2n) is 1.70. The molecule has 0 fully saturated rings. The molecule has 0 atom stereocenters. The van der Waals surface area contributed by atoms with Crippen LogP contribution in [0.1, 0.15) is 13.8 Å². The first-order chi connectivity index (χ1) is 3.72. The van der Waals surface area contributed by atoms with Gasteiger partial charge in [0, 0.05) is 5.57 Å². The van der Waals surface area contributed by atoms with Crippen LogP contribution >= 0.6 is 15.9 Å². The lowest BCUT2D eigenvalue weighted by molar-refractivity contribution is 0.956. The standard InChI is InChI=1S/C5H6BrN2/c1-3-4(2)7-8-5(3)6/h1-2H3. The molecule has 8 heavy (non-hydrogen) atoms. The molecule has 0 aromatic rings. The van der Waals surface area contributed by atoms with Gasteiger partial charge in [-0.3, -0.25) is 0 Å². The fourth-order valence-electron chi connectivity index (χ4n) is 0.418. The van der Waals surface area contributed by atoms with Gasteiger partial charge in [0.2, 0.25) is 0 Å². The van der Waals surface area contributed by atoms with E-state index < -0.39 is 0 Å². The fraction of sp³-hybridized carbons (Fsp3) is 0.400. The summed E-state index contributed by atoms with van der Waals surface area (Å²) in [5.74, 6) is 0. The van der Waals surface area contributed by atoms with Crippen molar-refractivity contribution in [3.05, 3.63) is 10.2 Å². The van der Waals surface area contributed by atoms with Crippen molar-refractivity contribution >= 4 is 21.6 Å². The second kappa shape index (κ2) is 1.90. The quantitative estimate of drug-likeness (QED) is 0.498. The molecule has 3 heteroatoms. The highest BCUT2D eigenvalue weighted by Crippen LogP contribution is 2.16. The van der Waals surface area contributed by atoms with Crippen LogP contribution in [0.15, 0.2) is 15.3 Å². The SMILES string of the molecule is CC1=N[N]C(Br)=C1C. The van der Waals surface area contributed by atoms with E-state index in [1.807, 2.05) is 13.8 Å². The molecule has 0 unspecified atom stereocenters. The average Bonchev–Trinajstić information content (AvgIpc) is 1.98. The second-order valence-corrected chi connectivity index (χ2v) is 2.45. The van der Waals surface area contributed by atoms with Crippen molar-refractivity contribution in [3.8, 4) is 0 Å². The number of hydrogen-bond acceptors (Lipinski definition) is 1. The zero-order valence-corrected chi connectivity index (χ0v) is 6.36. The molecule has 0 saturated heterocycles. The minimum absolute atomic E-state index is 0.856. The van der Waals surface area contributed by atoms with Gasteiger partial charge in [-0.25, -0.2) is 0 Å². The molecular formula is C5H6BrN2. The predicted octanol–water partition coefficient (Wildman–Crippen LogP) is 1.61. The summed E-state index contributed by atoms with van der Waals surface area (Å²) >= 11 is 3.24. The van der Waals surface area contributed by atoms with Gasteiger partial charge >= 0.3 is 0 Å². The Bertz CT molecular complexity index is 164. The van der Waals surface area contributed by atoms with Gasteiger partial charge in [-0.2, -0.15) is 5.10 Å². The Kier molecular flexibility index (Phi) is 1.38. The molecule has 0 spiro atoms. The molecule has 2 nitrogen and oxygen atoms in total. The molecule has 0 aliphatic carbocycles. The summed E-state index contributed by atoms with van der Waals surface area (Å²) in [5, 5.41) is 3.82. The largest absolute Gasteiger partial charge is 0.154 e. The first kappa shape index (κ1) is 5.82. The number of allylic oxidation sites excluding steroid dienone is 1. The maximum absolute atomic E-state index is 3.82. The van der Waals surface area contributed by atoms with Crippen LogP contribution in [-0.4, -0.2) is 5.71 Å². The number of nitrogens with zero attached hydrogens (tertiary/aromatic N) is 2. The van der Waals surface area contributed by atoms with Crippen molar-refractivity contribution in [1.82, 2.24) is 5.43 Å². The monoisotopic (exact) mass is 173 g/mol. The van der Waals surface area contributed by atoms with Crippen molar-refractivity contribution in [3.63, 3.8) is 0 Å². The summed E-state index contributed by atoms with van der Waals surface area (Å²) in [6.45, 7) is 3.92. The molecule has 0 aromatic heterocycles. The topological polar surface area (TPSA) is 26.5 Å². The van der Waals surface area contributed by atoms with Gasteiger partial charge in [-0.1, -0.05) is 0 Å². The maximum Gasteiger partial charge on any atom is 0.133 e. The van der Waals surface area contributed by atoms with Crippen LogP contribution < -0.4 is 5.43 Å². The van der Waals surface area contributed by atoms with Crippen LogP contribution in [0.5, 0.6) is 0 Å². The molecule has 0 N–H and O–H groups in total. The van der Waals surface area contributed by atoms with Gasteiger partial charge in [-0.05, 0) is 29.8 Å². The Balaban J connectivity index is 2.88. The van der Waals surface area contributed by atoms with E-state index in [9.17, 15) is 0 Å². The third kappa shape index (κ3) is 0.777. The van der Waals surface area contributed by atoms with Gasteiger partial charge in [0.05, 0.1) is 5.71 Å². The van der Waals surface area contributed by atoms with E-state index in [0.717, 1.165) is 15.9 Å². The Morgan fingerprint density at radius 1 is 1.38 bits per heavy atom. The van der Waals surface area contributed by atoms with Crippen molar-refractivity contribution in [1.29, 1.82) is 0 Å². The highest BCUT2D eigenvalue weighted by molar-refractivity contribution is 9.11. The van der Waals surface area contributed by atoms with Crippen molar-refractivity contribution < 1.29 is 0 Å². The zero-order chi connectivity index (χ0) is 6.15. The van der Waals surface area contributed by atoms with Gasteiger partial charge in [0.1, 0.15) is 4.61 Å². The molecule has 1 rings (SSSR count). The summed E-state index contributed by atoms with van der Waals surface area (Å²) < 4.78 is 0.856. The van der Waals surface area contributed by atoms with Crippen molar-refractivity contribution in [2.45, 2.75) is 13.8 Å². The van der Waals surface area contributed by atoms with E-state index in [-0.39, 0.29) is 0 Å². The van der Waals surface area contributed by atoms with Crippen LogP contribution in [0, 0.1) is 0 Å². The molecule has 0 saturated carbocycles. The summed E-state index contributed by atoms with van der Waals surface area (Å²) in [5.41, 5.74) is 5.91. The minimum atomic E-state index is 0.856. The Labute approximate surface area is 56.8 Å². The summed E-state index contributed by atoms with van der Waals surface area (Å²) in [6.07, 6.45) is 0. The summed E-state index contributed by atoms with van der Waals surface area (Å²) in [7, 11) is 0. The molecular weight excluding hydrogens is 168 g/mol. The van der Waals surface area contributed by atoms with E-state index in [1.165, 1.54) is 0 Å². The first-order valence-corrected chi connectivity index (χ1v) is 3.13. The number of halogens is 1. The van der Waals surface area contributed by atoms with Crippen LogP contribution in [-0.2, 0) is 0 Å². The molecule has 43 valence electrons. The molecule has 0 aromatic carbocycles. The summed E-state index contributed by atoms with van der Waals surface area (Å²) in [6, 6.07) is 0. The van der Waals surface area contributed by atoms with Crippen LogP contribution in [0.4, 0.5) is 0 Å². The smallest absolute Gasteiger partial charge is 0.133 e. The fourth-order valence-corrected chi connectivity index (χ4v) is 0.784. The van der Waals surface area contributed by atoms with Gasteiger partial charge < -0.3 is 0 Å². The van der Waals surface area contributed by atoms with Gasteiger partial charge in [0.25, 0.3) is 0 Å². The predicted molar refractivity (Wildman–Crippen MR) is 36.9 cm³/mol. The minimum Gasteiger partial charge on any atom is -0.154 e. The average molecular weight is 174 g/mol. The number of rotatable bonds is 0. The van der Waals surface area contributed by atoms with E-state index in [1.54, 1.807) is 0 Å². The summed E-state index contributed by atoms with van der Waals surface area (Å²) in [4.78, 5) is 0. The number of hydrogen-bond donors (Lipinski definition) is 0. The molecule has 1 aliphatic rings. The maximum atomic E-state index is 3.82. The highest BCUT2D eigenvalue weighted by Gasteiger charge is 2.09. The normalized spacial score (nSPS) is 18.6. The molecule has 1 radical (unpaired) electrons. The molecule has 0 amide bonds. The Morgan fingerprint density at radius 3 is 2.12 bits per heavy atom. The third-order valence-electron chi connectivity index (χ3n) is 1.14. The van der Waals surface area contributed by atoms with Crippen molar-refractivity contribution in [2.24, 2.45) is 5.10 Å². The van der Waals surface area contributed by atoms with Crippen LogP contribution in [0.2, 0.25) is 0 Å².